The number of rotatable bonds is 0. The zero-order valence-corrected chi connectivity index (χ0v) is 6.97. The third-order valence-corrected chi connectivity index (χ3v) is 2.47. The molecule has 1 unspecified atom stereocenters. The minimum Gasteiger partial charge on any atom is -0.388 e. The smallest absolute Gasteiger partial charge is 0.126 e. The summed E-state index contributed by atoms with van der Waals surface area (Å²) in [6.45, 7) is 1.72. The molecule has 0 radical (unpaired) electrons. The molecular weight excluding hydrogens is 155 g/mol. The molecule has 1 atom stereocenters. The average Bonchev–Trinajstić information content (AvgIpc) is 2.35. The Bertz CT molecular complexity index is 320. The Balaban J connectivity index is 2.56. The summed E-state index contributed by atoms with van der Waals surface area (Å²) < 4.78 is 13.0. The maximum Gasteiger partial charge on any atom is 0.126 e. The molecule has 0 heterocycles. The Kier molecular flexibility index (Phi) is 1.65. The molecule has 0 saturated heterocycles. The van der Waals surface area contributed by atoms with Crippen molar-refractivity contribution in [2.24, 2.45) is 0 Å². The SMILES string of the molecule is Cc1cc2c(cc1F)CCC2O. The van der Waals surface area contributed by atoms with E-state index in [0.717, 1.165) is 24.0 Å². The molecule has 2 rings (SSSR count). The minimum atomic E-state index is -0.376. The van der Waals surface area contributed by atoms with E-state index in [9.17, 15) is 9.50 Å². The fraction of sp³-hybridized carbons (Fsp3) is 0.400. The van der Waals surface area contributed by atoms with Gasteiger partial charge in [0.15, 0.2) is 0 Å². The quantitative estimate of drug-likeness (QED) is 0.625. The Morgan fingerprint density at radius 2 is 2.25 bits per heavy atom. The highest BCUT2D eigenvalue weighted by molar-refractivity contribution is 5.37. The monoisotopic (exact) mass is 166 g/mol. The molecule has 1 nitrogen and oxygen atoms in total. The maximum atomic E-state index is 13.0. The van der Waals surface area contributed by atoms with Crippen LogP contribution in [-0.2, 0) is 6.42 Å². The van der Waals surface area contributed by atoms with Crippen LogP contribution in [-0.4, -0.2) is 5.11 Å². The summed E-state index contributed by atoms with van der Waals surface area (Å²) in [4.78, 5) is 0. The molecule has 1 aliphatic carbocycles. The molecule has 64 valence electrons. The third kappa shape index (κ3) is 1.03. The number of hydrogen-bond acceptors (Lipinski definition) is 1. The lowest BCUT2D eigenvalue weighted by atomic mass is 10.1. The van der Waals surface area contributed by atoms with E-state index in [1.807, 2.05) is 0 Å². The highest BCUT2D eigenvalue weighted by Gasteiger charge is 2.21. The number of aryl methyl sites for hydroxylation is 2. The van der Waals surface area contributed by atoms with Gasteiger partial charge < -0.3 is 5.11 Å². The maximum absolute atomic E-state index is 13.0. The van der Waals surface area contributed by atoms with Gasteiger partial charge in [0.25, 0.3) is 0 Å². The van der Waals surface area contributed by atoms with E-state index in [4.69, 9.17) is 0 Å². The van der Waals surface area contributed by atoms with E-state index in [2.05, 4.69) is 0 Å². The number of halogens is 1. The molecule has 1 aromatic rings. The molecule has 0 bridgehead atoms. The number of fused-ring (bicyclic) bond motifs is 1. The van der Waals surface area contributed by atoms with Gasteiger partial charge in [-0.2, -0.15) is 0 Å². The molecule has 0 saturated carbocycles. The number of aliphatic hydroxyl groups is 1. The third-order valence-electron chi connectivity index (χ3n) is 2.47. The van der Waals surface area contributed by atoms with Gasteiger partial charge in [-0.15, -0.1) is 0 Å². The van der Waals surface area contributed by atoms with Crippen LogP contribution in [0.3, 0.4) is 0 Å². The second kappa shape index (κ2) is 2.56. The zero-order chi connectivity index (χ0) is 8.72. The van der Waals surface area contributed by atoms with Crippen molar-refractivity contribution >= 4 is 0 Å². The molecule has 1 N–H and O–H groups in total. The number of benzene rings is 1. The van der Waals surface area contributed by atoms with Gasteiger partial charge in [0.05, 0.1) is 6.10 Å². The van der Waals surface area contributed by atoms with Crippen LogP contribution >= 0.6 is 0 Å². The summed E-state index contributed by atoms with van der Waals surface area (Å²) in [5.41, 5.74) is 2.49. The van der Waals surface area contributed by atoms with E-state index < -0.39 is 0 Å². The van der Waals surface area contributed by atoms with Crippen molar-refractivity contribution in [1.82, 2.24) is 0 Å². The van der Waals surface area contributed by atoms with Crippen molar-refractivity contribution in [3.05, 3.63) is 34.6 Å². The summed E-state index contributed by atoms with van der Waals surface area (Å²) >= 11 is 0. The largest absolute Gasteiger partial charge is 0.388 e. The average molecular weight is 166 g/mol. The summed E-state index contributed by atoms with van der Waals surface area (Å²) in [5.74, 6) is -0.164. The first-order valence-electron chi connectivity index (χ1n) is 4.15. The van der Waals surface area contributed by atoms with E-state index >= 15 is 0 Å². The summed E-state index contributed by atoms with van der Waals surface area (Å²) in [5, 5.41) is 9.47. The highest BCUT2D eigenvalue weighted by Crippen LogP contribution is 2.32. The standard InChI is InChI=1S/C10H11FO/c1-6-4-8-7(5-9(6)11)2-3-10(8)12/h4-5,10,12H,2-3H2,1H3. The Hall–Kier alpha value is -0.890. The normalized spacial score (nSPS) is 21.1. The van der Waals surface area contributed by atoms with Crippen molar-refractivity contribution in [2.45, 2.75) is 25.9 Å². The van der Waals surface area contributed by atoms with Crippen LogP contribution in [0.5, 0.6) is 0 Å². The van der Waals surface area contributed by atoms with Crippen LogP contribution in [0.4, 0.5) is 4.39 Å². The molecule has 0 fully saturated rings. The van der Waals surface area contributed by atoms with Crippen molar-refractivity contribution in [1.29, 1.82) is 0 Å². The van der Waals surface area contributed by atoms with E-state index in [1.54, 1.807) is 19.1 Å². The van der Waals surface area contributed by atoms with Crippen LogP contribution in [0.2, 0.25) is 0 Å². The molecule has 12 heavy (non-hydrogen) atoms. The summed E-state index contributed by atoms with van der Waals surface area (Å²) in [6.07, 6.45) is 1.16. The van der Waals surface area contributed by atoms with Gasteiger partial charge >= 0.3 is 0 Å². The van der Waals surface area contributed by atoms with Crippen molar-refractivity contribution in [3.63, 3.8) is 0 Å². The Morgan fingerprint density at radius 1 is 1.50 bits per heavy atom. The Labute approximate surface area is 70.8 Å². The number of hydrogen-bond donors (Lipinski definition) is 1. The van der Waals surface area contributed by atoms with Crippen LogP contribution in [0.1, 0.15) is 29.2 Å². The molecule has 2 heteroatoms. The molecule has 0 aromatic heterocycles. The van der Waals surface area contributed by atoms with Crippen molar-refractivity contribution in [2.75, 3.05) is 0 Å². The van der Waals surface area contributed by atoms with Crippen molar-refractivity contribution < 1.29 is 9.50 Å². The first kappa shape index (κ1) is 7.74. The van der Waals surface area contributed by atoms with Gasteiger partial charge in [0.2, 0.25) is 0 Å². The summed E-state index contributed by atoms with van der Waals surface area (Å²) in [6, 6.07) is 3.29. The zero-order valence-electron chi connectivity index (χ0n) is 6.97. The van der Waals surface area contributed by atoms with Gasteiger partial charge in [0, 0.05) is 0 Å². The molecule has 1 aromatic carbocycles. The van der Waals surface area contributed by atoms with Gasteiger partial charge in [0.1, 0.15) is 5.82 Å². The van der Waals surface area contributed by atoms with E-state index in [0.29, 0.717) is 5.56 Å². The Morgan fingerprint density at radius 3 is 3.00 bits per heavy atom. The van der Waals surface area contributed by atoms with Crippen LogP contribution < -0.4 is 0 Å². The minimum absolute atomic E-state index is 0.164. The molecule has 1 aliphatic rings. The van der Waals surface area contributed by atoms with Crippen molar-refractivity contribution in [3.8, 4) is 0 Å². The lowest BCUT2D eigenvalue weighted by molar-refractivity contribution is 0.180. The van der Waals surface area contributed by atoms with E-state index in [-0.39, 0.29) is 11.9 Å². The second-order valence-electron chi connectivity index (χ2n) is 3.35. The van der Waals surface area contributed by atoms with Gasteiger partial charge in [-0.05, 0) is 42.5 Å². The van der Waals surface area contributed by atoms with Gasteiger partial charge in [-0.1, -0.05) is 6.07 Å². The molecule has 0 amide bonds. The summed E-state index contributed by atoms with van der Waals surface area (Å²) in [7, 11) is 0. The first-order valence-corrected chi connectivity index (χ1v) is 4.15. The van der Waals surface area contributed by atoms with Gasteiger partial charge in [-0.3, -0.25) is 0 Å². The highest BCUT2D eigenvalue weighted by atomic mass is 19.1. The topological polar surface area (TPSA) is 20.2 Å². The predicted molar refractivity (Wildman–Crippen MR) is 44.4 cm³/mol. The predicted octanol–water partition coefficient (Wildman–Crippen LogP) is 2.11. The van der Waals surface area contributed by atoms with E-state index in [1.165, 1.54) is 0 Å². The first-order chi connectivity index (χ1) is 5.68. The lowest BCUT2D eigenvalue weighted by Crippen LogP contribution is -1.93. The van der Waals surface area contributed by atoms with Crippen LogP contribution in [0, 0.1) is 12.7 Å². The van der Waals surface area contributed by atoms with Crippen LogP contribution in [0.15, 0.2) is 12.1 Å². The fourth-order valence-corrected chi connectivity index (χ4v) is 1.72. The lowest BCUT2D eigenvalue weighted by Gasteiger charge is -2.05. The molecular formula is C10H11FO. The fourth-order valence-electron chi connectivity index (χ4n) is 1.72. The second-order valence-corrected chi connectivity index (χ2v) is 3.35. The molecule has 0 spiro atoms. The molecule has 0 aliphatic heterocycles. The van der Waals surface area contributed by atoms with Gasteiger partial charge in [-0.25, -0.2) is 4.39 Å². The number of aliphatic hydroxyl groups excluding tert-OH is 1. The van der Waals surface area contributed by atoms with Crippen LogP contribution in [0.25, 0.3) is 0 Å².